The summed E-state index contributed by atoms with van der Waals surface area (Å²) in [7, 11) is 0. The molecule has 0 aromatic heterocycles. The predicted molar refractivity (Wildman–Crippen MR) is 33.2 cm³/mol. The number of alkyl halides is 6. The quantitative estimate of drug-likeness (QED) is 0.539. The van der Waals surface area contributed by atoms with Crippen LogP contribution in [-0.2, 0) is 9.47 Å². The Kier molecular flexibility index (Phi) is 4.92. The molecule has 84 valence electrons. The average molecular weight is 224 g/mol. The summed E-state index contributed by atoms with van der Waals surface area (Å²) in [4.78, 5) is 0. The molecule has 2 nitrogen and oxygen atoms in total. The van der Waals surface area contributed by atoms with E-state index in [2.05, 4.69) is 9.47 Å². The third kappa shape index (κ3) is 11.2. The van der Waals surface area contributed by atoms with E-state index in [-0.39, 0.29) is 0 Å². The van der Waals surface area contributed by atoms with Crippen molar-refractivity contribution in [2.24, 2.45) is 0 Å². The van der Waals surface area contributed by atoms with E-state index < -0.39 is 25.9 Å². The summed E-state index contributed by atoms with van der Waals surface area (Å²) < 4.78 is 74.2. The van der Waals surface area contributed by atoms with Gasteiger partial charge >= 0.3 is 12.7 Å². The monoisotopic (exact) mass is 224 g/mol. The first-order valence-electron chi connectivity index (χ1n) is 3.27. The third-order valence-corrected chi connectivity index (χ3v) is 0.853. The maximum Gasteiger partial charge on any atom is 0.522 e. The lowest BCUT2D eigenvalue weighted by Gasteiger charge is -2.04. The van der Waals surface area contributed by atoms with E-state index in [1.807, 2.05) is 0 Å². The Bertz CT molecular complexity index is 162. The highest BCUT2D eigenvalue weighted by atomic mass is 19.4. The lowest BCUT2D eigenvalue weighted by molar-refractivity contribution is -0.322. The molecule has 0 saturated carbocycles. The molecule has 0 amide bonds. The Labute approximate surface area is 75.1 Å². The molecule has 0 N–H and O–H groups in total. The van der Waals surface area contributed by atoms with E-state index in [0.29, 0.717) is 0 Å². The van der Waals surface area contributed by atoms with Gasteiger partial charge < -0.3 is 0 Å². The van der Waals surface area contributed by atoms with Crippen molar-refractivity contribution in [3.05, 3.63) is 12.2 Å². The summed E-state index contributed by atoms with van der Waals surface area (Å²) in [6.45, 7) is -1.69. The molecule has 0 aromatic carbocycles. The molecule has 0 radical (unpaired) electrons. The second-order valence-electron chi connectivity index (χ2n) is 1.98. The van der Waals surface area contributed by atoms with Crippen LogP contribution in [0.5, 0.6) is 0 Å². The van der Waals surface area contributed by atoms with Crippen LogP contribution < -0.4 is 0 Å². The Hall–Kier alpha value is -0.760. The fourth-order valence-electron chi connectivity index (χ4n) is 0.421. The Morgan fingerprint density at radius 2 is 1.00 bits per heavy atom. The van der Waals surface area contributed by atoms with Gasteiger partial charge in [-0.1, -0.05) is 12.2 Å². The number of ether oxygens (including phenoxy) is 2. The van der Waals surface area contributed by atoms with Crippen LogP contribution in [0, 0.1) is 0 Å². The van der Waals surface area contributed by atoms with Gasteiger partial charge in [0.2, 0.25) is 0 Å². The largest absolute Gasteiger partial charge is 0.522 e. The first-order valence-corrected chi connectivity index (χ1v) is 3.27. The summed E-state index contributed by atoms with van der Waals surface area (Å²) in [6.07, 6.45) is -8.01. The molecule has 0 bridgehead atoms. The Morgan fingerprint density at radius 3 is 1.21 bits per heavy atom. The van der Waals surface area contributed by atoms with Crippen molar-refractivity contribution >= 4 is 0 Å². The number of hydrogen-bond acceptors (Lipinski definition) is 2. The molecule has 0 aliphatic heterocycles. The summed E-state index contributed by atoms with van der Waals surface area (Å²) in [5.74, 6) is 0. The molecule has 0 rings (SSSR count). The zero-order chi connectivity index (χ0) is 11.2. The topological polar surface area (TPSA) is 18.5 Å². The molecule has 0 atom stereocenters. The molecular formula is C6H6F6O2. The van der Waals surface area contributed by atoms with Crippen LogP contribution in [-0.4, -0.2) is 25.9 Å². The van der Waals surface area contributed by atoms with Gasteiger partial charge in [-0.05, 0) is 0 Å². The van der Waals surface area contributed by atoms with Crippen LogP contribution >= 0.6 is 0 Å². The fraction of sp³-hybridized carbons (Fsp3) is 0.667. The second kappa shape index (κ2) is 5.20. The van der Waals surface area contributed by atoms with Gasteiger partial charge in [0.1, 0.15) is 0 Å². The molecule has 0 aliphatic carbocycles. The van der Waals surface area contributed by atoms with Crippen molar-refractivity contribution < 1.29 is 35.8 Å². The molecule has 0 aliphatic rings. The average Bonchev–Trinajstić information content (AvgIpc) is 1.92. The Balaban J connectivity index is 3.47. The molecule has 0 saturated heterocycles. The smallest absolute Gasteiger partial charge is 0.288 e. The lowest BCUT2D eigenvalue weighted by atomic mass is 10.5. The van der Waals surface area contributed by atoms with Gasteiger partial charge in [-0.25, -0.2) is 0 Å². The highest BCUT2D eigenvalue weighted by Crippen LogP contribution is 2.16. The van der Waals surface area contributed by atoms with Crippen molar-refractivity contribution in [3.63, 3.8) is 0 Å². The van der Waals surface area contributed by atoms with E-state index in [1.165, 1.54) is 0 Å². The van der Waals surface area contributed by atoms with E-state index >= 15 is 0 Å². The van der Waals surface area contributed by atoms with Crippen LogP contribution in [0.15, 0.2) is 12.2 Å². The Morgan fingerprint density at radius 1 is 0.714 bits per heavy atom. The summed E-state index contributed by atoms with van der Waals surface area (Å²) in [5, 5.41) is 0. The zero-order valence-corrected chi connectivity index (χ0v) is 6.65. The minimum absolute atomic E-state index is 0.777. The van der Waals surface area contributed by atoms with Gasteiger partial charge in [0.05, 0.1) is 13.2 Å². The van der Waals surface area contributed by atoms with Crippen molar-refractivity contribution in [2.75, 3.05) is 13.2 Å². The molecule has 0 aromatic rings. The summed E-state index contributed by atoms with van der Waals surface area (Å²) in [5.41, 5.74) is 0. The molecule has 8 heteroatoms. The highest BCUT2D eigenvalue weighted by molar-refractivity contribution is 4.81. The van der Waals surface area contributed by atoms with Crippen LogP contribution in [0.4, 0.5) is 26.3 Å². The highest BCUT2D eigenvalue weighted by Gasteiger charge is 2.29. The fourth-order valence-corrected chi connectivity index (χ4v) is 0.421. The number of halogens is 6. The van der Waals surface area contributed by atoms with Gasteiger partial charge in [0.25, 0.3) is 0 Å². The molecular weight excluding hydrogens is 218 g/mol. The van der Waals surface area contributed by atoms with Gasteiger partial charge in [0.15, 0.2) is 0 Å². The van der Waals surface area contributed by atoms with Gasteiger partial charge in [0, 0.05) is 0 Å². The van der Waals surface area contributed by atoms with Gasteiger partial charge in [-0.2, -0.15) is 0 Å². The number of rotatable bonds is 4. The first kappa shape index (κ1) is 13.2. The predicted octanol–water partition coefficient (Wildman–Crippen LogP) is 2.62. The molecule has 0 spiro atoms. The summed E-state index contributed by atoms with van der Waals surface area (Å²) in [6, 6.07) is 0. The van der Waals surface area contributed by atoms with Crippen LogP contribution in [0.2, 0.25) is 0 Å². The van der Waals surface area contributed by atoms with Crippen LogP contribution in [0.1, 0.15) is 0 Å². The van der Waals surface area contributed by atoms with E-state index in [4.69, 9.17) is 0 Å². The summed E-state index contributed by atoms with van der Waals surface area (Å²) >= 11 is 0. The van der Waals surface area contributed by atoms with Gasteiger partial charge in [-0.15, -0.1) is 26.3 Å². The molecule has 0 fully saturated rings. The van der Waals surface area contributed by atoms with Crippen molar-refractivity contribution in [2.45, 2.75) is 12.7 Å². The van der Waals surface area contributed by atoms with Gasteiger partial charge in [-0.3, -0.25) is 9.47 Å². The molecule has 0 heterocycles. The van der Waals surface area contributed by atoms with E-state index in [1.54, 1.807) is 0 Å². The SMILES string of the molecule is FC(F)(F)OC/C=C/COC(F)(F)F. The maximum atomic E-state index is 11.3. The molecule has 0 unspecified atom stereocenters. The van der Waals surface area contributed by atoms with E-state index in [0.717, 1.165) is 12.2 Å². The lowest BCUT2D eigenvalue weighted by Crippen LogP contribution is -2.14. The van der Waals surface area contributed by atoms with Crippen LogP contribution in [0.25, 0.3) is 0 Å². The molecule has 14 heavy (non-hydrogen) atoms. The minimum atomic E-state index is -4.78. The second-order valence-corrected chi connectivity index (χ2v) is 1.98. The normalized spacial score (nSPS) is 13.9. The maximum absolute atomic E-state index is 11.3. The number of hydrogen-bond donors (Lipinski definition) is 0. The van der Waals surface area contributed by atoms with Crippen molar-refractivity contribution in [1.82, 2.24) is 0 Å². The first-order chi connectivity index (χ1) is 6.21. The third-order valence-electron chi connectivity index (χ3n) is 0.853. The van der Waals surface area contributed by atoms with E-state index in [9.17, 15) is 26.3 Å². The van der Waals surface area contributed by atoms with Crippen molar-refractivity contribution in [1.29, 1.82) is 0 Å². The minimum Gasteiger partial charge on any atom is -0.288 e. The van der Waals surface area contributed by atoms with Crippen LogP contribution in [0.3, 0.4) is 0 Å². The standard InChI is InChI=1S/C6H6F6O2/c7-5(8,9)13-3-1-2-4-14-6(10,11)12/h1-2H,3-4H2/b2-1+. The van der Waals surface area contributed by atoms with Crippen molar-refractivity contribution in [3.8, 4) is 0 Å². The zero-order valence-electron chi connectivity index (χ0n) is 6.65.